The van der Waals surface area contributed by atoms with Crippen molar-refractivity contribution in [2.75, 3.05) is 11.1 Å². The van der Waals surface area contributed by atoms with Gasteiger partial charge in [-0.3, -0.25) is 4.79 Å². The van der Waals surface area contributed by atoms with Crippen molar-refractivity contribution < 1.29 is 4.79 Å². The van der Waals surface area contributed by atoms with Crippen LogP contribution in [-0.2, 0) is 0 Å². The van der Waals surface area contributed by atoms with Crippen LogP contribution in [0, 0.1) is 5.41 Å². The zero-order valence-electron chi connectivity index (χ0n) is 11.7. The molecule has 1 aliphatic rings. The summed E-state index contributed by atoms with van der Waals surface area (Å²) in [5.74, 6) is -0.425. The van der Waals surface area contributed by atoms with Gasteiger partial charge in [-0.05, 0) is 36.5 Å². The molecule has 1 amide bonds. The molecule has 0 bridgehead atoms. The minimum absolute atomic E-state index is 0.243. The molecule has 19 heavy (non-hydrogen) atoms. The van der Waals surface area contributed by atoms with E-state index in [4.69, 9.17) is 11.5 Å². The van der Waals surface area contributed by atoms with E-state index in [1.54, 1.807) is 18.2 Å². The lowest BCUT2D eigenvalue weighted by Crippen LogP contribution is -2.39. The second kappa shape index (κ2) is 5.11. The smallest absolute Gasteiger partial charge is 0.248 e. The van der Waals surface area contributed by atoms with Crippen molar-refractivity contribution in [2.45, 2.75) is 45.6 Å². The van der Waals surface area contributed by atoms with Crippen LogP contribution in [0.15, 0.2) is 18.2 Å². The van der Waals surface area contributed by atoms with Gasteiger partial charge in [-0.2, -0.15) is 0 Å². The number of nitrogen functional groups attached to an aromatic ring is 1. The van der Waals surface area contributed by atoms with Crippen LogP contribution in [0.25, 0.3) is 0 Å². The molecular weight excluding hydrogens is 238 g/mol. The fourth-order valence-corrected chi connectivity index (χ4v) is 2.78. The molecule has 2 rings (SSSR count). The Morgan fingerprint density at radius 3 is 2.74 bits per heavy atom. The molecule has 1 atom stereocenters. The molecule has 4 nitrogen and oxygen atoms in total. The molecule has 0 aliphatic heterocycles. The maximum Gasteiger partial charge on any atom is 0.248 e. The van der Waals surface area contributed by atoms with E-state index in [2.05, 4.69) is 19.2 Å². The summed E-state index contributed by atoms with van der Waals surface area (Å²) in [6.07, 6.45) is 4.85. The lowest BCUT2D eigenvalue weighted by molar-refractivity contribution is 0.100. The maximum absolute atomic E-state index is 11.2. The molecular formula is C15H23N3O. The van der Waals surface area contributed by atoms with Crippen LogP contribution in [0.2, 0.25) is 0 Å². The highest BCUT2D eigenvalue weighted by Gasteiger charge is 2.32. The van der Waals surface area contributed by atoms with E-state index in [9.17, 15) is 4.79 Å². The van der Waals surface area contributed by atoms with Gasteiger partial charge in [-0.15, -0.1) is 0 Å². The molecule has 0 aromatic heterocycles. The van der Waals surface area contributed by atoms with Crippen LogP contribution in [0.3, 0.4) is 0 Å². The third-order valence-corrected chi connectivity index (χ3v) is 4.17. The highest BCUT2D eigenvalue weighted by molar-refractivity contribution is 5.94. The summed E-state index contributed by atoms with van der Waals surface area (Å²) in [5.41, 5.74) is 13.5. The monoisotopic (exact) mass is 261 g/mol. The third-order valence-electron chi connectivity index (χ3n) is 4.17. The van der Waals surface area contributed by atoms with Crippen molar-refractivity contribution >= 4 is 17.3 Å². The molecule has 1 aromatic rings. The number of nitrogens with two attached hydrogens (primary N) is 2. The Hall–Kier alpha value is -1.71. The Bertz CT molecular complexity index is 482. The highest BCUT2D eigenvalue weighted by atomic mass is 16.1. The van der Waals surface area contributed by atoms with Gasteiger partial charge in [0.1, 0.15) is 0 Å². The topological polar surface area (TPSA) is 81.1 Å². The largest absolute Gasteiger partial charge is 0.397 e. The number of benzene rings is 1. The minimum atomic E-state index is -0.425. The Balaban J connectivity index is 2.22. The molecule has 0 spiro atoms. The van der Waals surface area contributed by atoms with E-state index in [0.717, 1.165) is 12.1 Å². The molecule has 4 heteroatoms. The number of primary amides is 1. The maximum atomic E-state index is 11.2. The molecule has 1 saturated carbocycles. The van der Waals surface area contributed by atoms with Crippen molar-refractivity contribution in [1.82, 2.24) is 0 Å². The van der Waals surface area contributed by atoms with E-state index in [-0.39, 0.29) is 5.41 Å². The zero-order valence-corrected chi connectivity index (χ0v) is 11.7. The van der Waals surface area contributed by atoms with Gasteiger partial charge in [0.05, 0.1) is 11.4 Å². The summed E-state index contributed by atoms with van der Waals surface area (Å²) < 4.78 is 0. The van der Waals surface area contributed by atoms with Crippen molar-refractivity contribution in [3.05, 3.63) is 23.8 Å². The van der Waals surface area contributed by atoms with Gasteiger partial charge in [-0.25, -0.2) is 0 Å². The predicted octanol–water partition coefficient (Wildman–Crippen LogP) is 2.75. The Labute approximate surface area is 114 Å². The van der Waals surface area contributed by atoms with E-state index in [0.29, 0.717) is 17.3 Å². The molecule has 0 heterocycles. The van der Waals surface area contributed by atoms with Crippen LogP contribution in [-0.4, -0.2) is 11.9 Å². The van der Waals surface area contributed by atoms with Gasteiger partial charge >= 0.3 is 0 Å². The second-order valence-electron chi connectivity index (χ2n) is 6.10. The van der Waals surface area contributed by atoms with Crippen molar-refractivity contribution in [3.63, 3.8) is 0 Å². The first-order valence-electron chi connectivity index (χ1n) is 6.86. The average Bonchev–Trinajstić information content (AvgIpc) is 2.34. The SMILES string of the molecule is CC1(C)CCCCC1Nc1cc(C(N)=O)ccc1N. The number of nitrogens with one attached hydrogen (secondary N) is 1. The van der Waals surface area contributed by atoms with E-state index in [1.165, 1.54) is 19.3 Å². The van der Waals surface area contributed by atoms with Crippen molar-refractivity contribution in [3.8, 4) is 0 Å². The van der Waals surface area contributed by atoms with Gasteiger partial charge in [0, 0.05) is 11.6 Å². The normalized spacial score (nSPS) is 21.9. The van der Waals surface area contributed by atoms with Gasteiger partial charge in [-0.1, -0.05) is 26.7 Å². The number of amides is 1. The molecule has 1 fully saturated rings. The average molecular weight is 261 g/mol. The lowest BCUT2D eigenvalue weighted by Gasteiger charge is -2.39. The Morgan fingerprint density at radius 1 is 1.37 bits per heavy atom. The summed E-state index contributed by atoms with van der Waals surface area (Å²) >= 11 is 0. The van der Waals surface area contributed by atoms with Crippen LogP contribution in [0.5, 0.6) is 0 Å². The number of anilines is 2. The fraction of sp³-hybridized carbons (Fsp3) is 0.533. The van der Waals surface area contributed by atoms with Gasteiger partial charge in [0.25, 0.3) is 0 Å². The van der Waals surface area contributed by atoms with Crippen LogP contribution in [0.4, 0.5) is 11.4 Å². The zero-order chi connectivity index (χ0) is 14.0. The second-order valence-corrected chi connectivity index (χ2v) is 6.10. The van der Waals surface area contributed by atoms with Crippen molar-refractivity contribution in [1.29, 1.82) is 0 Å². The Morgan fingerprint density at radius 2 is 2.11 bits per heavy atom. The van der Waals surface area contributed by atoms with Gasteiger partial charge in [0.15, 0.2) is 0 Å². The molecule has 0 saturated heterocycles. The standard InChI is InChI=1S/C15H23N3O/c1-15(2)8-4-3-5-13(15)18-12-9-10(14(17)19)6-7-11(12)16/h6-7,9,13,18H,3-5,8,16H2,1-2H3,(H2,17,19). The van der Waals surface area contributed by atoms with Gasteiger partial charge in [0.2, 0.25) is 5.91 Å². The van der Waals surface area contributed by atoms with E-state index < -0.39 is 5.91 Å². The predicted molar refractivity (Wildman–Crippen MR) is 79.0 cm³/mol. The third kappa shape index (κ3) is 3.00. The van der Waals surface area contributed by atoms with Crippen molar-refractivity contribution in [2.24, 2.45) is 11.1 Å². The first-order valence-corrected chi connectivity index (χ1v) is 6.86. The molecule has 5 N–H and O–H groups in total. The van der Waals surface area contributed by atoms with E-state index in [1.807, 2.05) is 0 Å². The molecule has 104 valence electrons. The number of rotatable bonds is 3. The van der Waals surface area contributed by atoms with Crippen LogP contribution < -0.4 is 16.8 Å². The Kier molecular flexibility index (Phi) is 3.69. The number of hydrogen-bond acceptors (Lipinski definition) is 3. The number of carbonyl (C=O) groups excluding carboxylic acids is 1. The molecule has 1 aliphatic carbocycles. The van der Waals surface area contributed by atoms with Crippen LogP contribution >= 0.6 is 0 Å². The summed E-state index contributed by atoms with van der Waals surface area (Å²) in [7, 11) is 0. The fourth-order valence-electron chi connectivity index (χ4n) is 2.78. The first kappa shape index (κ1) is 13.7. The highest BCUT2D eigenvalue weighted by Crippen LogP contribution is 2.38. The summed E-state index contributed by atoms with van der Waals surface area (Å²) in [6, 6.07) is 5.53. The number of hydrogen-bond donors (Lipinski definition) is 3. The minimum Gasteiger partial charge on any atom is -0.397 e. The quantitative estimate of drug-likeness (QED) is 0.732. The first-order chi connectivity index (χ1) is 8.90. The van der Waals surface area contributed by atoms with Gasteiger partial charge < -0.3 is 16.8 Å². The molecule has 1 aromatic carbocycles. The summed E-state index contributed by atoms with van der Waals surface area (Å²) in [5, 5.41) is 3.50. The summed E-state index contributed by atoms with van der Waals surface area (Å²) in [6.45, 7) is 4.55. The lowest BCUT2D eigenvalue weighted by atomic mass is 9.73. The van der Waals surface area contributed by atoms with E-state index >= 15 is 0 Å². The molecule has 0 radical (unpaired) electrons. The number of carbonyl (C=O) groups is 1. The summed E-state index contributed by atoms with van der Waals surface area (Å²) in [4.78, 5) is 11.2. The van der Waals surface area contributed by atoms with Crippen LogP contribution in [0.1, 0.15) is 49.9 Å². The molecule has 1 unspecified atom stereocenters.